The third-order valence-electron chi connectivity index (χ3n) is 4.87. The van der Waals surface area contributed by atoms with Crippen molar-refractivity contribution in [3.05, 3.63) is 65.2 Å². The van der Waals surface area contributed by atoms with Crippen LogP contribution >= 0.6 is 0 Å². The molecular formula is C20H21NO5S. The summed E-state index contributed by atoms with van der Waals surface area (Å²) in [4.78, 5) is 26.0. The lowest BCUT2D eigenvalue weighted by atomic mass is 9.93. The molecular weight excluding hydrogens is 366 g/mol. The van der Waals surface area contributed by atoms with Crippen molar-refractivity contribution in [3.63, 3.8) is 0 Å². The molecule has 0 bridgehead atoms. The van der Waals surface area contributed by atoms with Crippen LogP contribution in [0.4, 0.5) is 0 Å². The molecule has 1 N–H and O–H groups in total. The second-order valence-corrected chi connectivity index (χ2v) is 8.85. The summed E-state index contributed by atoms with van der Waals surface area (Å²) in [5.74, 6) is -1.30. The number of hydrogen-bond acceptors (Lipinski definition) is 4. The van der Waals surface area contributed by atoms with Gasteiger partial charge in [-0.3, -0.25) is 4.79 Å². The largest absolute Gasteiger partial charge is 0.480 e. The number of carbonyl (C=O) groups is 2. The average molecular weight is 387 g/mol. The Morgan fingerprint density at radius 2 is 1.70 bits per heavy atom. The summed E-state index contributed by atoms with van der Waals surface area (Å²) in [5.41, 5.74) is 2.55. The van der Waals surface area contributed by atoms with Crippen LogP contribution in [0.3, 0.4) is 0 Å². The van der Waals surface area contributed by atoms with Crippen LogP contribution in [0.25, 0.3) is 0 Å². The lowest BCUT2D eigenvalue weighted by Gasteiger charge is -2.34. The van der Waals surface area contributed by atoms with Gasteiger partial charge >= 0.3 is 5.97 Å². The molecule has 27 heavy (non-hydrogen) atoms. The molecule has 0 spiro atoms. The van der Waals surface area contributed by atoms with E-state index >= 15 is 0 Å². The highest BCUT2D eigenvalue weighted by Crippen LogP contribution is 2.24. The van der Waals surface area contributed by atoms with Crippen LogP contribution in [0.15, 0.2) is 53.4 Å². The highest BCUT2D eigenvalue weighted by Gasteiger charge is 2.34. The summed E-state index contributed by atoms with van der Waals surface area (Å²) < 4.78 is 23.8. The van der Waals surface area contributed by atoms with Crippen molar-refractivity contribution in [2.45, 2.75) is 37.2 Å². The molecule has 6 nitrogen and oxygen atoms in total. The maximum atomic E-state index is 12.8. The zero-order valence-electron chi connectivity index (χ0n) is 15.0. The summed E-state index contributed by atoms with van der Waals surface area (Å²) in [6, 6.07) is 12.8. The molecule has 1 heterocycles. The van der Waals surface area contributed by atoms with E-state index in [1.165, 1.54) is 17.0 Å². The molecule has 0 fully saturated rings. The van der Waals surface area contributed by atoms with E-state index in [1.807, 2.05) is 24.3 Å². The van der Waals surface area contributed by atoms with Crippen molar-refractivity contribution in [3.8, 4) is 0 Å². The minimum atomic E-state index is -3.29. The van der Waals surface area contributed by atoms with Crippen LogP contribution in [0, 0.1) is 0 Å². The van der Waals surface area contributed by atoms with Crippen LogP contribution in [0.1, 0.15) is 23.6 Å². The lowest BCUT2D eigenvalue weighted by Crippen LogP contribution is -2.49. The molecule has 0 radical (unpaired) electrons. The van der Waals surface area contributed by atoms with Crippen molar-refractivity contribution in [1.29, 1.82) is 0 Å². The fourth-order valence-electron chi connectivity index (χ4n) is 3.26. The Bertz CT molecular complexity index is 966. The fraction of sp³-hybridized carbons (Fsp3) is 0.300. The van der Waals surface area contributed by atoms with E-state index in [0.29, 0.717) is 5.56 Å². The van der Waals surface area contributed by atoms with E-state index < -0.39 is 21.8 Å². The Kier molecular flexibility index (Phi) is 5.32. The molecule has 2 aromatic rings. The van der Waals surface area contributed by atoms with Crippen LogP contribution in [-0.2, 0) is 38.8 Å². The molecule has 1 amide bonds. The van der Waals surface area contributed by atoms with Crippen LogP contribution in [0.2, 0.25) is 0 Å². The first-order valence-corrected chi connectivity index (χ1v) is 10.4. The van der Waals surface area contributed by atoms with Crippen molar-refractivity contribution in [1.82, 2.24) is 4.90 Å². The van der Waals surface area contributed by atoms with E-state index in [4.69, 9.17) is 0 Å². The van der Waals surface area contributed by atoms with Crippen molar-refractivity contribution in [2.75, 3.05) is 5.75 Å². The van der Waals surface area contributed by atoms with Gasteiger partial charge < -0.3 is 10.0 Å². The molecule has 7 heteroatoms. The third kappa shape index (κ3) is 4.03. The van der Waals surface area contributed by atoms with E-state index in [1.54, 1.807) is 19.1 Å². The standard InChI is InChI=1S/C20H21NO5S/c1-2-27(25,26)17-9-7-14(8-10-17)11-19(22)21-13-16-6-4-3-5-15(16)12-18(21)20(23)24/h3-10,18H,2,11-13H2,1H3,(H,23,24). The monoisotopic (exact) mass is 387 g/mol. The quantitative estimate of drug-likeness (QED) is 0.848. The molecule has 1 unspecified atom stereocenters. The minimum absolute atomic E-state index is 0.0127. The fourth-order valence-corrected chi connectivity index (χ4v) is 4.15. The number of amides is 1. The van der Waals surface area contributed by atoms with Crippen LogP contribution in [0.5, 0.6) is 0 Å². The Morgan fingerprint density at radius 1 is 1.07 bits per heavy atom. The first-order valence-electron chi connectivity index (χ1n) is 8.72. The molecule has 0 aliphatic carbocycles. The first kappa shape index (κ1) is 19.1. The van der Waals surface area contributed by atoms with Gasteiger partial charge in [0.1, 0.15) is 6.04 Å². The number of carboxylic acids is 1. The second-order valence-electron chi connectivity index (χ2n) is 6.57. The van der Waals surface area contributed by atoms with Crippen LogP contribution in [-0.4, -0.2) is 42.1 Å². The van der Waals surface area contributed by atoms with Crippen LogP contribution < -0.4 is 0 Å². The highest BCUT2D eigenvalue weighted by atomic mass is 32.2. The second kappa shape index (κ2) is 7.52. The van der Waals surface area contributed by atoms with E-state index in [2.05, 4.69) is 0 Å². The van der Waals surface area contributed by atoms with E-state index in [9.17, 15) is 23.1 Å². The molecule has 1 atom stereocenters. The summed E-state index contributed by atoms with van der Waals surface area (Å²) in [6.07, 6.45) is 0.309. The number of carbonyl (C=O) groups excluding carboxylic acids is 1. The molecule has 3 rings (SSSR count). The number of hydrogen-bond donors (Lipinski definition) is 1. The Hall–Kier alpha value is -2.67. The molecule has 1 aliphatic heterocycles. The number of benzene rings is 2. The Balaban J connectivity index is 1.79. The molecule has 0 aromatic heterocycles. The summed E-state index contributed by atoms with van der Waals surface area (Å²) >= 11 is 0. The Labute approximate surface area is 158 Å². The van der Waals surface area contributed by atoms with E-state index in [0.717, 1.165) is 11.1 Å². The first-order chi connectivity index (χ1) is 12.8. The molecule has 142 valence electrons. The minimum Gasteiger partial charge on any atom is -0.480 e. The zero-order valence-corrected chi connectivity index (χ0v) is 15.8. The topological polar surface area (TPSA) is 91.8 Å². The number of rotatable bonds is 5. The van der Waals surface area contributed by atoms with Gasteiger partial charge in [-0.25, -0.2) is 13.2 Å². The normalized spacial score (nSPS) is 16.6. The lowest BCUT2D eigenvalue weighted by molar-refractivity contribution is -0.151. The number of aliphatic carboxylic acids is 1. The van der Waals surface area contributed by atoms with Gasteiger partial charge in [0.25, 0.3) is 0 Å². The van der Waals surface area contributed by atoms with E-state index in [-0.39, 0.29) is 35.9 Å². The number of sulfone groups is 1. The highest BCUT2D eigenvalue weighted by molar-refractivity contribution is 7.91. The van der Waals surface area contributed by atoms with Gasteiger partial charge in [-0.1, -0.05) is 43.3 Å². The maximum Gasteiger partial charge on any atom is 0.326 e. The van der Waals surface area contributed by atoms with Gasteiger partial charge in [0.05, 0.1) is 17.1 Å². The molecule has 0 saturated heterocycles. The maximum absolute atomic E-state index is 12.8. The molecule has 0 saturated carbocycles. The number of fused-ring (bicyclic) bond motifs is 1. The van der Waals surface area contributed by atoms with Crippen molar-refractivity contribution in [2.24, 2.45) is 0 Å². The van der Waals surface area contributed by atoms with Crippen molar-refractivity contribution >= 4 is 21.7 Å². The zero-order chi connectivity index (χ0) is 19.6. The van der Waals surface area contributed by atoms with Gasteiger partial charge in [-0.15, -0.1) is 0 Å². The van der Waals surface area contributed by atoms with Gasteiger partial charge in [0, 0.05) is 13.0 Å². The van der Waals surface area contributed by atoms with Gasteiger partial charge in [0.2, 0.25) is 5.91 Å². The predicted molar refractivity (Wildman–Crippen MR) is 100.0 cm³/mol. The van der Waals surface area contributed by atoms with Gasteiger partial charge in [-0.05, 0) is 28.8 Å². The predicted octanol–water partition coefficient (Wildman–Crippen LogP) is 2.06. The smallest absolute Gasteiger partial charge is 0.326 e. The third-order valence-corrected chi connectivity index (χ3v) is 6.62. The number of carboxylic acid groups (broad SMARTS) is 1. The molecule has 2 aromatic carbocycles. The van der Waals surface area contributed by atoms with Crippen molar-refractivity contribution < 1.29 is 23.1 Å². The molecule has 1 aliphatic rings. The number of nitrogens with zero attached hydrogens (tertiary/aromatic N) is 1. The van der Waals surface area contributed by atoms with Gasteiger partial charge in [-0.2, -0.15) is 0 Å². The summed E-state index contributed by atoms with van der Waals surface area (Å²) in [5, 5.41) is 9.54. The SMILES string of the molecule is CCS(=O)(=O)c1ccc(CC(=O)N2Cc3ccccc3CC2C(=O)O)cc1. The van der Waals surface area contributed by atoms with Gasteiger partial charge in [0.15, 0.2) is 9.84 Å². The average Bonchev–Trinajstić information content (AvgIpc) is 2.67. The Morgan fingerprint density at radius 3 is 2.30 bits per heavy atom. The summed E-state index contributed by atoms with van der Waals surface area (Å²) in [7, 11) is -3.29. The summed E-state index contributed by atoms with van der Waals surface area (Å²) in [6.45, 7) is 1.83.